The van der Waals surface area contributed by atoms with E-state index in [1.54, 1.807) is 34.7 Å². The second kappa shape index (κ2) is 7.36. The monoisotopic (exact) mass is 444 g/mol. The number of carbonyl (C=O) groups is 1. The van der Waals surface area contributed by atoms with Gasteiger partial charge in [0.15, 0.2) is 0 Å². The number of carbonyl (C=O) groups excluding carboxylic acids is 1. The van der Waals surface area contributed by atoms with Crippen LogP contribution in [-0.4, -0.2) is 38.4 Å². The zero-order chi connectivity index (χ0) is 22.6. The van der Waals surface area contributed by atoms with Gasteiger partial charge in [0, 0.05) is 42.7 Å². The summed E-state index contributed by atoms with van der Waals surface area (Å²) in [6.45, 7) is 1.05. The second-order valence-electron chi connectivity index (χ2n) is 8.21. The Hall–Kier alpha value is -3.36. The summed E-state index contributed by atoms with van der Waals surface area (Å²) >= 11 is 0. The van der Waals surface area contributed by atoms with Gasteiger partial charge in [-0.15, -0.1) is 0 Å². The molecule has 0 atom stereocenters. The van der Waals surface area contributed by atoms with Gasteiger partial charge < -0.3 is 14.5 Å². The minimum absolute atomic E-state index is 0.101. The van der Waals surface area contributed by atoms with Crippen LogP contribution in [0.4, 0.5) is 17.6 Å². The number of hydrogen-bond acceptors (Lipinski definition) is 2. The Morgan fingerprint density at radius 3 is 2.56 bits per heavy atom. The number of piperidine rings is 1. The summed E-state index contributed by atoms with van der Waals surface area (Å²) in [5.74, 6) is -0.363. The molecule has 32 heavy (non-hydrogen) atoms. The summed E-state index contributed by atoms with van der Waals surface area (Å²) in [4.78, 5) is 21.8. The Labute approximate surface area is 180 Å². The van der Waals surface area contributed by atoms with Gasteiger partial charge in [-0.25, -0.2) is 9.37 Å². The van der Waals surface area contributed by atoms with Crippen molar-refractivity contribution in [2.75, 3.05) is 13.1 Å². The number of fused-ring (bicyclic) bond motifs is 2. The van der Waals surface area contributed by atoms with E-state index in [0.29, 0.717) is 42.5 Å². The van der Waals surface area contributed by atoms with Crippen molar-refractivity contribution in [2.45, 2.75) is 24.9 Å². The molecule has 1 fully saturated rings. The molecule has 0 aliphatic carbocycles. The molecule has 5 rings (SSSR count). The van der Waals surface area contributed by atoms with Gasteiger partial charge in [-0.1, -0.05) is 0 Å². The first kappa shape index (κ1) is 20.5. The first-order chi connectivity index (χ1) is 15.2. The highest BCUT2D eigenvalue weighted by Crippen LogP contribution is 2.33. The highest BCUT2D eigenvalue weighted by Gasteiger charge is 2.33. The molecule has 1 aliphatic heterocycles. The molecule has 0 spiro atoms. The smallest absolute Gasteiger partial charge is 0.357 e. The summed E-state index contributed by atoms with van der Waals surface area (Å²) in [5.41, 5.74) is 2.06. The van der Waals surface area contributed by atoms with Gasteiger partial charge in [-0.3, -0.25) is 4.79 Å². The van der Waals surface area contributed by atoms with E-state index < -0.39 is 11.9 Å². The molecule has 5 nitrogen and oxygen atoms in total. The molecule has 1 N–H and O–H groups in total. The van der Waals surface area contributed by atoms with Gasteiger partial charge in [-0.2, -0.15) is 13.2 Å². The number of amides is 1. The number of benzene rings is 1. The van der Waals surface area contributed by atoms with E-state index in [9.17, 15) is 22.4 Å². The third kappa shape index (κ3) is 3.51. The maximum atomic E-state index is 13.5. The van der Waals surface area contributed by atoms with E-state index in [2.05, 4.69) is 9.97 Å². The number of pyridine rings is 1. The van der Waals surface area contributed by atoms with Gasteiger partial charge >= 0.3 is 6.18 Å². The zero-order valence-corrected chi connectivity index (χ0v) is 17.2. The maximum absolute atomic E-state index is 13.5. The Balaban J connectivity index is 1.32. The van der Waals surface area contributed by atoms with E-state index in [0.717, 1.165) is 17.3 Å². The predicted octanol–water partition coefficient (Wildman–Crippen LogP) is 5.23. The Kier molecular flexibility index (Phi) is 4.72. The lowest BCUT2D eigenvalue weighted by Gasteiger charge is -2.31. The lowest BCUT2D eigenvalue weighted by atomic mass is 9.93. The van der Waals surface area contributed by atoms with E-state index in [4.69, 9.17) is 0 Å². The van der Waals surface area contributed by atoms with Gasteiger partial charge in [0.1, 0.15) is 17.2 Å². The van der Waals surface area contributed by atoms with E-state index in [1.165, 1.54) is 18.2 Å². The zero-order valence-electron chi connectivity index (χ0n) is 17.2. The van der Waals surface area contributed by atoms with E-state index in [-0.39, 0.29) is 23.2 Å². The van der Waals surface area contributed by atoms with Crippen molar-refractivity contribution >= 4 is 27.8 Å². The van der Waals surface area contributed by atoms with Crippen LogP contribution in [0.15, 0.2) is 42.5 Å². The topological polar surface area (TPSA) is 53.9 Å². The fraction of sp³-hybridized carbons (Fsp3) is 0.304. The highest BCUT2D eigenvalue weighted by atomic mass is 19.4. The molecule has 0 saturated carbocycles. The average Bonchev–Trinajstić information content (AvgIpc) is 3.33. The maximum Gasteiger partial charge on any atom is 0.433 e. The fourth-order valence-corrected chi connectivity index (χ4v) is 4.49. The molecule has 1 aromatic carbocycles. The summed E-state index contributed by atoms with van der Waals surface area (Å²) in [6, 6.07) is 10.2. The molecule has 1 saturated heterocycles. The van der Waals surface area contributed by atoms with Crippen molar-refractivity contribution < 1.29 is 22.4 Å². The number of alkyl halides is 3. The lowest BCUT2D eigenvalue weighted by Crippen LogP contribution is -2.38. The van der Waals surface area contributed by atoms with Crippen molar-refractivity contribution in [3.63, 3.8) is 0 Å². The molecule has 0 radical (unpaired) electrons. The fourth-order valence-electron chi connectivity index (χ4n) is 4.49. The number of aryl methyl sites for hydroxylation is 1. The minimum Gasteiger partial charge on any atom is -0.357 e. The standard InChI is InChI=1S/C23H20F4N4O/c1-30-19-4-2-15(24)10-14(19)11-20(30)22(32)31-8-6-13(7-9-31)17-12-18-16(28-17)3-5-21(29-18)23(25,26)27/h2-5,10-13,28H,6-9H2,1H3. The SMILES string of the molecule is Cn1c(C(=O)N2CCC(c3cc4nc(C(F)(F)F)ccc4[nH]3)CC2)cc2cc(F)ccc21. The van der Waals surface area contributed by atoms with Gasteiger partial charge in [0.25, 0.3) is 5.91 Å². The van der Waals surface area contributed by atoms with Gasteiger partial charge in [-0.05, 0) is 55.3 Å². The molecule has 0 unspecified atom stereocenters. The Bertz CT molecular complexity index is 1330. The lowest BCUT2D eigenvalue weighted by molar-refractivity contribution is -0.140. The summed E-state index contributed by atoms with van der Waals surface area (Å²) < 4.78 is 54.1. The van der Waals surface area contributed by atoms with Crippen LogP contribution in [0.25, 0.3) is 21.9 Å². The third-order valence-corrected chi connectivity index (χ3v) is 6.23. The van der Waals surface area contributed by atoms with Crippen molar-refractivity contribution in [1.82, 2.24) is 19.4 Å². The summed E-state index contributed by atoms with van der Waals surface area (Å²) in [5, 5.41) is 0.675. The number of hydrogen-bond donors (Lipinski definition) is 1. The van der Waals surface area contributed by atoms with Gasteiger partial charge in [0.2, 0.25) is 0 Å². The number of H-pyrrole nitrogens is 1. The van der Waals surface area contributed by atoms with Crippen molar-refractivity contribution in [2.24, 2.45) is 7.05 Å². The molecule has 1 aliphatic rings. The number of likely N-dealkylation sites (tertiary alicyclic amines) is 1. The van der Waals surface area contributed by atoms with Crippen LogP contribution in [0, 0.1) is 5.82 Å². The van der Waals surface area contributed by atoms with Crippen LogP contribution in [0.5, 0.6) is 0 Å². The third-order valence-electron chi connectivity index (χ3n) is 6.23. The molecule has 3 aromatic heterocycles. The van der Waals surface area contributed by atoms with E-state index >= 15 is 0 Å². The molecular formula is C23H20F4N4O. The summed E-state index contributed by atoms with van der Waals surface area (Å²) in [6.07, 6.45) is -3.11. The predicted molar refractivity (Wildman–Crippen MR) is 112 cm³/mol. The largest absolute Gasteiger partial charge is 0.433 e. The number of aromatic amines is 1. The normalized spacial score (nSPS) is 15.7. The van der Waals surface area contributed by atoms with Crippen LogP contribution in [0.1, 0.15) is 40.6 Å². The van der Waals surface area contributed by atoms with Crippen LogP contribution in [-0.2, 0) is 13.2 Å². The number of aromatic nitrogens is 3. The van der Waals surface area contributed by atoms with Crippen LogP contribution in [0.3, 0.4) is 0 Å². The summed E-state index contributed by atoms with van der Waals surface area (Å²) in [7, 11) is 1.78. The molecular weight excluding hydrogens is 424 g/mol. The molecule has 166 valence electrons. The first-order valence-corrected chi connectivity index (χ1v) is 10.3. The first-order valence-electron chi connectivity index (χ1n) is 10.3. The number of halogens is 4. The van der Waals surface area contributed by atoms with Crippen molar-refractivity contribution in [3.05, 3.63) is 65.4 Å². The van der Waals surface area contributed by atoms with Gasteiger partial charge in [0.05, 0.1) is 11.0 Å². The van der Waals surface area contributed by atoms with Crippen LogP contribution < -0.4 is 0 Å². The molecule has 0 bridgehead atoms. The van der Waals surface area contributed by atoms with E-state index in [1.807, 2.05) is 0 Å². The molecule has 4 heterocycles. The highest BCUT2D eigenvalue weighted by molar-refractivity contribution is 5.98. The molecule has 4 aromatic rings. The van der Waals surface area contributed by atoms with Crippen molar-refractivity contribution in [1.29, 1.82) is 0 Å². The quantitative estimate of drug-likeness (QED) is 0.431. The molecule has 1 amide bonds. The Morgan fingerprint density at radius 2 is 1.84 bits per heavy atom. The van der Waals surface area contributed by atoms with Crippen molar-refractivity contribution in [3.8, 4) is 0 Å². The van der Waals surface area contributed by atoms with Crippen LogP contribution in [0.2, 0.25) is 0 Å². The number of nitrogens with one attached hydrogen (secondary N) is 1. The minimum atomic E-state index is -4.48. The molecule has 9 heteroatoms. The van der Waals surface area contributed by atoms with Crippen LogP contribution >= 0.6 is 0 Å². The average molecular weight is 444 g/mol. The second-order valence-corrected chi connectivity index (χ2v) is 8.21. The Morgan fingerprint density at radius 1 is 1.09 bits per heavy atom. The number of rotatable bonds is 2. The number of nitrogens with zero attached hydrogens (tertiary/aromatic N) is 3.